The Balaban J connectivity index is 0.000000137. The van der Waals surface area contributed by atoms with E-state index in [1.807, 2.05) is 164 Å². The molecule has 1 aliphatic rings. The maximum Gasteiger partial charge on any atom is 0.495 e. The van der Waals surface area contributed by atoms with Gasteiger partial charge in [-0.1, -0.05) is 277 Å². The minimum absolute atomic E-state index is 0. The Morgan fingerprint density at radius 1 is 0.333 bits per heavy atom. The number of fused-ring (bicyclic) bond motifs is 9. The van der Waals surface area contributed by atoms with Crippen LogP contribution in [0.2, 0.25) is 10.0 Å². The zero-order valence-electron chi connectivity index (χ0n) is 62.6. The van der Waals surface area contributed by atoms with Crippen molar-refractivity contribution >= 4 is 130 Å². The Labute approximate surface area is 685 Å². The molecule has 18 aromatic rings. The normalized spacial score (nSPS) is 12.3. The third-order valence-electron chi connectivity index (χ3n) is 20.3. The standard InChI is InChI=1S/C36H31BO3.C30H19ClO.C18H15BO2.C12H6BrClO.C3H3.C2H2.CH4/c1-35(2)36(3,4)40-37(39-35)31-16-11-17-33-34(31)30-23-26(18-19-32(30)38-33)29-21-27(24-12-7-5-8-13-24)20-28(22-29)25-14-9-6-10-15-25;31-27-12-7-13-29-30(27)26-19-22(14-15-28(26)32-29)25-17-23(20-8-3-1-4-9-20)16-24(18-25)21-10-5-2-6-11-21;20-19(21)18-12-16(14-7-3-1-4-8-14)11-17(13-18)15-9-5-2-6-10-15;13-7-4-5-10-8(6-7)12-9(14)2-1-3-11(12)15-10;1-3-2;1-2;/h5-23H,1-4H3;1-19H;1-13,20-21H;1-6H;1H,2H2;1-2H;1H4/q;;;;-1;;. The van der Waals surface area contributed by atoms with Gasteiger partial charge in [0.25, 0.3) is 0 Å². The molecule has 2 N–H and O–H groups in total. The van der Waals surface area contributed by atoms with Crippen LogP contribution < -0.4 is 10.9 Å². The molecule has 0 bridgehead atoms. The first-order valence-electron chi connectivity index (χ1n) is 36.8. The molecule has 15 aromatic carbocycles. The van der Waals surface area contributed by atoms with Gasteiger partial charge < -0.3 is 45.0 Å². The lowest BCUT2D eigenvalue weighted by Gasteiger charge is -2.32. The van der Waals surface area contributed by atoms with Crippen LogP contribution in [0.1, 0.15) is 35.1 Å². The lowest BCUT2D eigenvalue weighted by molar-refractivity contribution is 0.00578. The van der Waals surface area contributed by atoms with Crippen molar-refractivity contribution in [2.45, 2.75) is 46.3 Å². The fourth-order valence-electron chi connectivity index (χ4n) is 14.1. The Kier molecular flexibility index (Phi) is 24.9. The molecule has 1 fully saturated rings. The highest BCUT2D eigenvalue weighted by atomic mass is 79.9. The summed E-state index contributed by atoms with van der Waals surface area (Å²) in [7, 11) is -1.94. The van der Waals surface area contributed by atoms with E-state index in [-0.39, 0.29) is 7.43 Å². The molecule has 0 spiro atoms. The zero-order chi connectivity index (χ0) is 78.8. The molecule has 3 aromatic heterocycles. The van der Waals surface area contributed by atoms with Crippen molar-refractivity contribution in [3.05, 3.63) is 367 Å². The van der Waals surface area contributed by atoms with Crippen LogP contribution >= 0.6 is 39.1 Å². The molecule has 114 heavy (non-hydrogen) atoms. The summed E-state index contributed by atoms with van der Waals surface area (Å²) in [6.45, 7) is 11.4. The van der Waals surface area contributed by atoms with E-state index in [4.69, 9.17) is 45.8 Å². The number of terminal acetylenes is 2. The second-order valence-electron chi connectivity index (χ2n) is 28.1. The van der Waals surface area contributed by atoms with E-state index in [0.717, 1.165) is 125 Å². The molecule has 1 aliphatic heterocycles. The molecule has 0 atom stereocenters. The molecule has 1 saturated heterocycles. The van der Waals surface area contributed by atoms with Gasteiger partial charge in [-0.3, -0.25) is 0 Å². The van der Waals surface area contributed by atoms with E-state index in [2.05, 4.69) is 258 Å². The number of hydrogen-bond acceptors (Lipinski definition) is 7. The van der Waals surface area contributed by atoms with Gasteiger partial charge in [-0.15, -0.1) is 12.8 Å². The van der Waals surface area contributed by atoms with Gasteiger partial charge in [-0.2, -0.15) is 6.92 Å². The van der Waals surface area contributed by atoms with Crippen molar-refractivity contribution in [1.29, 1.82) is 0 Å². The van der Waals surface area contributed by atoms with Crippen molar-refractivity contribution in [2.24, 2.45) is 0 Å². The highest BCUT2D eigenvalue weighted by Gasteiger charge is 2.52. The molecular formula is C102H80B2BrCl2O7-. The molecule has 0 radical (unpaired) electrons. The van der Waals surface area contributed by atoms with Gasteiger partial charge in [0.2, 0.25) is 0 Å². The van der Waals surface area contributed by atoms with E-state index in [1.54, 1.807) is 0 Å². The predicted molar refractivity (Wildman–Crippen MR) is 485 cm³/mol. The SMILES string of the molecule is C.C#C.C#C[CH2-].CC1(C)OB(c2cccc3oc4ccc(-c5cc(-c6ccccc6)cc(-c6ccccc6)c5)cc4c23)OC1(C)C.Clc1cccc2oc3ccc(-c4cc(-c5ccccc5)cc(-c5ccccc5)c4)cc3c12.Clc1cccc2oc3ccc(Br)cc3c12.OB(O)c1cc(-c2ccccc2)cc(-c2ccccc2)c1. The van der Waals surface area contributed by atoms with Gasteiger partial charge >= 0.3 is 14.2 Å². The van der Waals surface area contributed by atoms with Crippen molar-refractivity contribution in [1.82, 2.24) is 0 Å². The summed E-state index contributed by atoms with van der Waals surface area (Å²) in [6, 6.07) is 118. The lowest BCUT2D eigenvalue weighted by atomic mass is 9.76. The fraction of sp³-hybridized carbons (Fsp3) is 0.0686. The molecule has 4 heterocycles. The van der Waals surface area contributed by atoms with Crippen molar-refractivity contribution in [2.75, 3.05) is 0 Å². The summed E-state index contributed by atoms with van der Waals surface area (Å²) in [5.74, 6) is 2.00. The molecule has 558 valence electrons. The average Bonchev–Trinajstić information content (AvgIpc) is 1.59. The van der Waals surface area contributed by atoms with E-state index >= 15 is 0 Å². The van der Waals surface area contributed by atoms with Crippen molar-refractivity contribution in [3.8, 4) is 114 Å². The predicted octanol–water partition coefficient (Wildman–Crippen LogP) is 27.2. The average molecular weight is 1590 g/mol. The summed E-state index contributed by atoms with van der Waals surface area (Å²) < 4.78 is 32.0. The van der Waals surface area contributed by atoms with Crippen LogP contribution in [0.15, 0.2) is 364 Å². The Morgan fingerprint density at radius 2 is 0.605 bits per heavy atom. The smallest absolute Gasteiger partial charge is 0.456 e. The highest BCUT2D eigenvalue weighted by Crippen LogP contribution is 2.43. The van der Waals surface area contributed by atoms with Crippen LogP contribution in [0.3, 0.4) is 0 Å². The van der Waals surface area contributed by atoms with E-state index in [1.165, 1.54) is 44.5 Å². The number of furan rings is 3. The topological polar surface area (TPSA) is 98.3 Å². The third-order valence-corrected chi connectivity index (χ3v) is 21.4. The van der Waals surface area contributed by atoms with Gasteiger partial charge in [-0.05, 0) is 243 Å². The van der Waals surface area contributed by atoms with Crippen LogP contribution in [0.5, 0.6) is 0 Å². The second-order valence-corrected chi connectivity index (χ2v) is 29.8. The van der Waals surface area contributed by atoms with Crippen LogP contribution in [-0.4, -0.2) is 35.5 Å². The van der Waals surface area contributed by atoms with Crippen LogP contribution in [0.25, 0.3) is 155 Å². The highest BCUT2D eigenvalue weighted by molar-refractivity contribution is 9.10. The van der Waals surface area contributed by atoms with Crippen LogP contribution in [0.4, 0.5) is 0 Å². The van der Waals surface area contributed by atoms with Gasteiger partial charge in [0.1, 0.15) is 33.5 Å². The molecule has 19 rings (SSSR count). The first kappa shape index (κ1) is 79.8. The van der Waals surface area contributed by atoms with Gasteiger partial charge in [0, 0.05) is 36.8 Å². The largest absolute Gasteiger partial charge is 0.495 e. The maximum absolute atomic E-state index is 9.52. The quantitative estimate of drug-likeness (QED) is 0.0800. The van der Waals surface area contributed by atoms with Crippen molar-refractivity contribution in [3.63, 3.8) is 0 Å². The molecule has 0 aliphatic carbocycles. The third kappa shape index (κ3) is 17.5. The lowest BCUT2D eigenvalue weighted by Crippen LogP contribution is -2.41. The van der Waals surface area contributed by atoms with E-state index < -0.39 is 25.4 Å². The molecule has 12 heteroatoms. The second kappa shape index (κ2) is 35.6. The number of hydrogen-bond donors (Lipinski definition) is 2. The summed E-state index contributed by atoms with van der Waals surface area (Å²) in [6.07, 6.45) is 12.5. The molecule has 0 unspecified atom stereocenters. The van der Waals surface area contributed by atoms with Crippen LogP contribution in [0, 0.1) is 32.1 Å². The fourth-order valence-corrected chi connectivity index (χ4v) is 15.0. The van der Waals surface area contributed by atoms with Gasteiger partial charge in [-0.25, -0.2) is 0 Å². The summed E-state index contributed by atoms with van der Waals surface area (Å²) in [5.41, 5.74) is 23.9. The summed E-state index contributed by atoms with van der Waals surface area (Å²) in [5, 5.41) is 26.6. The Bertz CT molecular complexity index is 6240. The van der Waals surface area contributed by atoms with Gasteiger partial charge in [0.05, 0.1) is 21.2 Å². The van der Waals surface area contributed by atoms with E-state index in [0.29, 0.717) is 10.5 Å². The minimum atomic E-state index is -1.48. The van der Waals surface area contributed by atoms with Crippen LogP contribution in [-0.2, 0) is 9.31 Å². The molecule has 0 amide bonds. The summed E-state index contributed by atoms with van der Waals surface area (Å²) in [4.78, 5) is 0. The molecule has 0 saturated carbocycles. The van der Waals surface area contributed by atoms with E-state index in [9.17, 15) is 10.0 Å². The monoisotopic (exact) mass is 1590 g/mol. The minimum Gasteiger partial charge on any atom is -0.456 e. The maximum atomic E-state index is 9.52. The molecular weight excluding hydrogens is 1510 g/mol. The van der Waals surface area contributed by atoms with Gasteiger partial charge in [0.15, 0.2) is 0 Å². The first-order chi connectivity index (χ1) is 55.0. The Morgan fingerprint density at radius 3 is 0.930 bits per heavy atom. The number of rotatable bonds is 10. The number of halogens is 3. The first-order valence-corrected chi connectivity index (χ1v) is 38.4. The Hall–Kier alpha value is -12.3. The summed E-state index contributed by atoms with van der Waals surface area (Å²) >= 11 is 16.1. The molecule has 7 nitrogen and oxygen atoms in total. The zero-order valence-corrected chi connectivity index (χ0v) is 65.7. The van der Waals surface area contributed by atoms with Crippen molar-refractivity contribution < 1.29 is 32.6 Å². The number of benzene rings is 15.